The zero-order valence-electron chi connectivity index (χ0n) is 8.50. The van der Waals surface area contributed by atoms with Crippen molar-refractivity contribution in [1.82, 2.24) is 10.3 Å². The fourth-order valence-corrected chi connectivity index (χ4v) is 1.11. The summed E-state index contributed by atoms with van der Waals surface area (Å²) in [6.07, 6.45) is 2.46. The van der Waals surface area contributed by atoms with Crippen LogP contribution in [0.15, 0.2) is 12.3 Å². The van der Waals surface area contributed by atoms with Crippen LogP contribution >= 0.6 is 0 Å². The third-order valence-electron chi connectivity index (χ3n) is 1.89. The standard InChI is InChI=1S/C10H15N3O/c1-3-4-12-10(14)9-5-8(11)6-13-7(9)2/h5-6H,3-4,11H2,1-2H3,(H,12,14). The summed E-state index contributed by atoms with van der Waals surface area (Å²) in [7, 11) is 0. The Kier molecular flexibility index (Phi) is 3.45. The molecule has 14 heavy (non-hydrogen) atoms. The van der Waals surface area contributed by atoms with Gasteiger partial charge in [-0.25, -0.2) is 0 Å². The zero-order valence-corrected chi connectivity index (χ0v) is 8.50. The summed E-state index contributed by atoms with van der Waals surface area (Å²) in [6.45, 7) is 4.47. The summed E-state index contributed by atoms with van der Waals surface area (Å²) in [5.41, 5.74) is 7.32. The monoisotopic (exact) mass is 193 g/mol. The average Bonchev–Trinajstić information content (AvgIpc) is 2.18. The van der Waals surface area contributed by atoms with Gasteiger partial charge in [-0.15, -0.1) is 0 Å². The molecule has 0 aliphatic carbocycles. The van der Waals surface area contributed by atoms with E-state index >= 15 is 0 Å². The Morgan fingerprint density at radius 1 is 1.64 bits per heavy atom. The Morgan fingerprint density at radius 3 is 3.00 bits per heavy atom. The number of anilines is 1. The first-order valence-electron chi connectivity index (χ1n) is 4.65. The van der Waals surface area contributed by atoms with Gasteiger partial charge in [0.1, 0.15) is 0 Å². The van der Waals surface area contributed by atoms with Crippen molar-refractivity contribution in [2.45, 2.75) is 20.3 Å². The van der Waals surface area contributed by atoms with E-state index in [0.29, 0.717) is 23.5 Å². The van der Waals surface area contributed by atoms with Gasteiger partial charge in [-0.2, -0.15) is 0 Å². The summed E-state index contributed by atoms with van der Waals surface area (Å²) in [4.78, 5) is 15.6. The minimum atomic E-state index is -0.107. The van der Waals surface area contributed by atoms with Crippen molar-refractivity contribution in [2.75, 3.05) is 12.3 Å². The van der Waals surface area contributed by atoms with Crippen LogP contribution in [0.1, 0.15) is 29.4 Å². The van der Waals surface area contributed by atoms with E-state index in [2.05, 4.69) is 10.3 Å². The number of carbonyl (C=O) groups is 1. The lowest BCUT2D eigenvalue weighted by Gasteiger charge is -2.06. The Bertz CT molecular complexity index is 336. The first-order chi connectivity index (χ1) is 6.65. The molecule has 1 amide bonds. The average molecular weight is 193 g/mol. The summed E-state index contributed by atoms with van der Waals surface area (Å²) in [5.74, 6) is -0.107. The smallest absolute Gasteiger partial charge is 0.253 e. The number of aryl methyl sites for hydroxylation is 1. The number of hydrogen-bond donors (Lipinski definition) is 2. The summed E-state index contributed by atoms with van der Waals surface area (Å²) in [6, 6.07) is 1.65. The molecule has 1 aromatic rings. The van der Waals surface area contributed by atoms with Gasteiger partial charge in [0.2, 0.25) is 0 Å². The normalized spacial score (nSPS) is 9.86. The second-order valence-corrected chi connectivity index (χ2v) is 3.16. The number of pyridine rings is 1. The Hall–Kier alpha value is -1.58. The highest BCUT2D eigenvalue weighted by atomic mass is 16.1. The van der Waals surface area contributed by atoms with Gasteiger partial charge < -0.3 is 11.1 Å². The van der Waals surface area contributed by atoms with Crippen LogP contribution in [0.2, 0.25) is 0 Å². The topological polar surface area (TPSA) is 68.0 Å². The molecule has 76 valence electrons. The molecule has 0 radical (unpaired) electrons. The maximum Gasteiger partial charge on any atom is 0.253 e. The van der Waals surface area contributed by atoms with Crippen LogP contribution in [0.4, 0.5) is 5.69 Å². The Balaban J connectivity index is 2.83. The highest BCUT2D eigenvalue weighted by Crippen LogP contribution is 2.08. The van der Waals surface area contributed by atoms with Crippen LogP contribution in [-0.2, 0) is 0 Å². The van der Waals surface area contributed by atoms with Gasteiger partial charge >= 0.3 is 0 Å². The highest BCUT2D eigenvalue weighted by molar-refractivity contribution is 5.95. The van der Waals surface area contributed by atoms with Gasteiger partial charge in [-0.3, -0.25) is 9.78 Å². The van der Waals surface area contributed by atoms with E-state index in [9.17, 15) is 4.79 Å². The summed E-state index contributed by atoms with van der Waals surface area (Å²) in [5, 5.41) is 2.78. The lowest BCUT2D eigenvalue weighted by atomic mass is 10.2. The second kappa shape index (κ2) is 4.60. The van der Waals surface area contributed by atoms with E-state index in [1.165, 1.54) is 0 Å². The van der Waals surface area contributed by atoms with Gasteiger partial charge in [0.25, 0.3) is 5.91 Å². The molecule has 3 N–H and O–H groups in total. The molecule has 0 aromatic carbocycles. The number of nitrogens with zero attached hydrogens (tertiary/aromatic N) is 1. The number of nitrogens with one attached hydrogen (secondary N) is 1. The number of nitrogens with two attached hydrogens (primary N) is 1. The van der Waals surface area contributed by atoms with Crippen LogP contribution < -0.4 is 11.1 Å². The molecule has 4 nitrogen and oxygen atoms in total. The van der Waals surface area contributed by atoms with E-state index in [1.807, 2.05) is 6.92 Å². The molecule has 0 aliphatic heterocycles. The van der Waals surface area contributed by atoms with Gasteiger partial charge in [0, 0.05) is 6.54 Å². The molecular formula is C10H15N3O. The molecule has 0 aliphatic rings. The summed E-state index contributed by atoms with van der Waals surface area (Å²) < 4.78 is 0. The SMILES string of the molecule is CCCNC(=O)c1cc(N)cnc1C. The van der Waals surface area contributed by atoms with Gasteiger partial charge in [-0.1, -0.05) is 6.92 Å². The van der Waals surface area contributed by atoms with Crippen LogP contribution in [0, 0.1) is 6.92 Å². The van der Waals surface area contributed by atoms with Crippen molar-refractivity contribution in [3.05, 3.63) is 23.5 Å². The minimum absolute atomic E-state index is 0.107. The molecule has 0 saturated carbocycles. The zero-order chi connectivity index (χ0) is 10.6. The third-order valence-corrected chi connectivity index (χ3v) is 1.89. The van der Waals surface area contributed by atoms with Crippen LogP contribution in [0.25, 0.3) is 0 Å². The molecular weight excluding hydrogens is 178 g/mol. The number of aromatic nitrogens is 1. The van der Waals surface area contributed by atoms with E-state index in [0.717, 1.165) is 6.42 Å². The van der Waals surface area contributed by atoms with Crippen molar-refractivity contribution >= 4 is 11.6 Å². The fraction of sp³-hybridized carbons (Fsp3) is 0.400. The van der Waals surface area contributed by atoms with Gasteiger partial charge in [0.05, 0.1) is 23.1 Å². The molecule has 0 atom stereocenters. The number of rotatable bonds is 3. The molecule has 1 rings (SSSR count). The maximum absolute atomic E-state index is 11.6. The molecule has 0 bridgehead atoms. The minimum Gasteiger partial charge on any atom is -0.397 e. The predicted octanol–water partition coefficient (Wildman–Crippen LogP) is 1.11. The van der Waals surface area contributed by atoms with E-state index in [4.69, 9.17) is 5.73 Å². The largest absolute Gasteiger partial charge is 0.397 e. The Morgan fingerprint density at radius 2 is 2.36 bits per heavy atom. The molecule has 0 unspecified atom stereocenters. The number of amides is 1. The molecule has 4 heteroatoms. The van der Waals surface area contributed by atoms with Gasteiger partial charge in [0.15, 0.2) is 0 Å². The van der Waals surface area contributed by atoms with Crippen LogP contribution in [0.3, 0.4) is 0 Å². The van der Waals surface area contributed by atoms with E-state index in [-0.39, 0.29) is 5.91 Å². The van der Waals surface area contributed by atoms with E-state index in [1.54, 1.807) is 19.2 Å². The van der Waals surface area contributed by atoms with Crippen LogP contribution in [-0.4, -0.2) is 17.4 Å². The van der Waals surface area contributed by atoms with Crippen molar-refractivity contribution in [3.63, 3.8) is 0 Å². The van der Waals surface area contributed by atoms with Crippen molar-refractivity contribution in [3.8, 4) is 0 Å². The van der Waals surface area contributed by atoms with Gasteiger partial charge in [-0.05, 0) is 19.4 Å². The number of carbonyl (C=O) groups excluding carboxylic acids is 1. The number of hydrogen-bond acceptors (Lipinski definition) is 3. The van der Waals surface area contributed by atoms with Crippen molar-refractivity contribution < 1.29 is 4.79 Å². The molecule has 0 saturated heterocycles. The van der Waals surface area contributed by atoms with E-state index < -0.39 is 0 Å². The lowest BCUT2D eigenvalue weighted by Crippen LogP contribution is -2.25. The lowest BCUT2D eigenvalue weighted by molar-refractivity contribution is 0.0952. The van der Waals surface area contributed by atoms with Crippen molar-refractivity contribution in [1.29, 1.82) is 0 Å². The highest BCUT2D eigenvalue weighted by Gasteiger charge is 2.08. The number of nitrogen functional groups attached to an aromatic ring is 1. The fourth-order valence-electron chi connectivity index (χ4n) is 1.11. The quantitative estimate of drug-likeness (QED) is 0.755. The molecule has 0 spiro atoms. The Labute approximate surface area is 83.5 Å². The first-order valence-corrected chi connectivity index (χ1v) is 4.65. The molecule has 0 fully saturated rings. The molecule has 1 aromatic heterocycles. The first kappa shape index (κ1) is 10.5. The second-order valence-electron chi connectivity index (χ2n) is 3.16. The van der Waals surface area contributed by atoms with Crippen LogP contribution in [0.5, 0.6) is 0 Å². The molecule has 1 heterocycles. The summed E-state index contributed by atoms with van der Waals surface area (Å²) >= 11 is 0. The predicted molar refractivity (Wildman–Crippen MR) is 56.0 cm³/mol. The van der Waals surface area contributed by atoms with Crippen molar-refractivity contribution in [2.24, 2.45) is 0 Å². The maximum atomic E-state index is 11.6. The third kappa shape index (κ3) is 2.45.